The first kappa shape index (κ1) is 12.5. The molecule has 1 fully saturated rings. The molecule has 0 amide bonds. The molecule has 0 saturated carbocycles. The summed E-state index contributed by atoms with van der Waals surface area (Å²) in [6, 6.07) is 5.10. The van der Waals surface area contributed by atoms with Crippen LogP contribution in [0.3, 0.4) is 0 Å². The van der Waals surface area contributed by atoms with Gasteiger partial charge in [-0.15, -0.1) is 0 Å². The van der Waals surface area contributed by atoms with Crippen molar-refractivity contribution in [1.29, 1.82) is 0 Å². The first-order valence-electron chi connectivity index (χ1n) is 5.79. The summed E-state index contributed by atoms with van der Waals surface area (Å²) in [4.78, 5) is 1.99. The van der Waals surface area contributed by atoms with Crippen molar-refractivity contribution in [3.8, 4) is 0 Å². The van der Waals surface area contributed by atoms with Gasteiger partial charge in [0.1, 0.15) is 5.82 Å². The molecule has 2 rings (SSSR count). The maximum Gasteiger partial charge on any atom is 0.146 e. The zero-order valence-electron chi connectivity index (χ0n) is 9.69. The van der Waals surface area contributed by atoms with Gasteiger partial charge in [-0.05, 0) is 24.6 Å². The van der Waals surface area contributed by atoms with Crippen molar-refractivity contribution in [3.63, 3.8) is 0 Å². The standard InChI is InChI=1S/C12H17FN2OS/c13-11-3-1-2-10(4-5-14)12(11)15-6-8-17(16)9-7-15/h1-3H,4-9,14H2. The lowest BCUT2D eigenvalue weighted by Crippen LogP contribution is -2.38. The van der Waals surface area contributed by atoms with Crippen molar-refractivity contribution in [3.05, 3.63) is 29.6 Å². The smallest absolute Gasteiger partial charge is 0.146 e. The fraction of sp³-hybridized carbons (Fsp3) is 0.500. The molecular weight excluding hydrogens is 239 g/mol. The maximum absolute atomic E-state index is 13.9. The van der Waals surface area contributed by atoms with Gasteiger partial charge in [-0.2, -0.15) is 0 Å². The fourth-order valence-electron chi connectivity index (χ4n) is 2.13. The van der Waals surface area contributed by atoms with Gasteiger partial charge < -0.3 is 10.6 Å². The number of nitrogens with two attached hydrogens (primary N) is 1. The number of nitrogens with zero attached hydrogens (tertiary/aromatic N) is 1. The molecule has 0 aromatic heterocycles. The molecule has 1 heterocycles. The topological polar surface area (TPSA) is 46.3 Å². The van der Waals surface area contributed by atoms with E-state index in [0.29, 0.717) is 43.2 Å². The lowest BCUT2D eigenvalue weighted by Gasteiger charge is -2.30. The van der Waals surface area contributed by atoms with E-state index in [1.807, 2.05) is 11.0 Å². The van der Waals surface area contributed by atoms with Gasteiger partial charge in [-0.25, -0.2) is 4.39 Å². The Bertz CT molecular complexity index is 415. The fourth-order valence-corrected chi connectivity index (χ4v) is 3.19. The number of hydrogen-bond acceptors (Lipinski definition) is 3. The predicted molar refractivity (Wildman–Crippen MR) is 69.2 cm³/mol. The highest BCUT2D eigenvalue weighted by atomic mass is 32.2. The van der Waals surface area contributed by atoms with Crippen LogP contribution in [0.2, 0.25) is 0 Å². The molecule has 3 nitrogen and oxygen atoms in total. The van der Waals surface area contributed by atoms with Gasteiger partial charge in [0.15, 0.2) is 0 Å². The van der Waals surface area contributed by atoms with Crippen LogP contribution in [0.1, 0.15) is 5.56 Å². The zero-order chi connectivity index (χ0) is 12.3. The quantitative estimate of drug-likeness (QED) is 0.874. The lowest BCUT2D eigenvalue weighted by molar-refractivity contribution is 0.614. The Morgan fingerprint density at radius 2 is 2.06 bits per heavy atom. The molecule has 94 valence electrons. The van der Waals surface area contributed by atoms with Gasteiger partial charge in [0.25, 0.3) is 0 Å². The molecule has 1 saturated heterocycles. The third-order valence-corrected chi connectivity index (χ3v) is 4.25. The Labute approximate surface area is 103 Å². The first-order valence-corrected chi connectivity index (χ1v) is 7.28. The van der Waals surface area contributed by atoms with Crippen LogP contribution in [0.25, 0.3) is 0 Å². The summed E-state index contributed by atoms with van der Waals surface area (Å²) >= 11 is 0. The minimum atomic E-state index is -0.740. The molecule has 1 aliphatic heterocycles. The maximum atomic E-state index is 13.9. The van der Waals surface area contributed by atoms with Crippen LogP contribution in [0.4, 0.5) is 10.1 Å². The van der Waals surface area contributed by atoms with E-state index in [1.54, 1.807) is 6.07 Å². The summed E-state index contributed by atoms with van der Waals surface area (Å²) in [5.41, 5.74) is 7.13. The van der Waals surface area contributed by atoms with Gasteiger partial charge in [0.2, 0.25) is 0 Å². The number of rotatable bonds is 3. The van der Waals surface area contributed by atoms with E-state index >= 15 is 0 Å². The first-order chi connectivity index (χ1) is 8.22. The van der Waals surface area contributed by atoms with Gasteiger partial charge in [0.05, 0.1) is 5.69 Å². The van der Waals surface area contributed by atoms with Gasteiger partial charge in [-0.1, -0.05) is 12.1 Å². The molecule has 0 atom stereocenters. The molecule has 1 aromatic rings. The number of benzene rings is 1. The second-order valence-corrected chi connectivity index (χ2v) is 5.82. The molecule has 0 bridgehead atoms. The zero-order valence-corrected chi connectivity index (χ0v) is 10.5. The highest BCUT2D eigenvalue weighted by molar-refractivity contribution is 7.85. The highest BCUT2D eigenvalue weighted by Gasteiger charge is 2.20. The summed E-state index contributed by atoms with van der Waals surface area (Å²) in [5, 5.41) is 0. The van der Waals surface area contributed by atoms with Crippen molar-refractivity contribution in [2.45, 2.75) is 6.42 Å². The molecule has 0 radical (unpaired) electrons. The van der Waals surface area contributed by atoms with E-state index in [0.717, 1.165) is 5.56 Å². The number of halogens is 1. The summed E-state index contributed by atoms with van der Waals surface area (Å²) < 4.78 is 25.2. The molecule has 0 unspecified atom stereocenters. The highest BCUT2D eigenvalue weighted by Crippen LogP contribution is 2.25. The van der Waals surface area contributed by atoms with E-state index in [-0.39, 0.29) is 5.82 Å². The Morgan fingerprint density at radius 1 is 1.35 bits per heavy atom. The largest absolute Gasteiger partial charge is 0.367 e. The van der Waals surface area contributed by atoms with Crippen LogP contribution in [0.15, 0.2) is 18.2 Å². The summed E-state index contributed by atoms with van der Waals surface area (Å²) in [7, 11) is -0.740. The average molecular weight is 256 g/mol. The lowest BCUT2D eigenvalue weighted by atomic mass is 10.1. The molecule has 1 aromatic carbocycles. The van der Waals surface area contributed by atoms with Gasteiger partial charge >= 0.3 is 0 Å². The SMILES string of the molecule is NCCc1cccc(F)c1N1CCS(=O)CC1. The number of para-hydroxylation sites is 1. The van der Waals surface area contributed by atoms with E-state index < -0.39 is 10.8 Å². The van der Waals surface area contributed by atoms with Crippen LogP contribution >= 0.6 is 0 Å². The van der Waals surface area contributed by atoms with Crippen molar-refractivity contribution in [2.75, 3.05) is 36.0 Å². The van der Waals surface area contributed by atoms with Crippen molar-refractivity contribution in [1.82, 2.24) is 0 Å². The van der Waals surface area contributed by atoms with Crippen LogP contribution in [-0.2, 0) is 17.2 Å². The molecular formula is C12H17FN2OS. The molecule has 1 aliphatic rings. The molecule has 0 spiro atoms. The summed E-state index contributed by atoms with van der Waals surface area (Å²) in [5.74, 6) is 1.04. The van der Waals surface area contributed by atoms with Crippen LogP contribution in [0, 0.1) is 5.82 Å². The van der Waals surface area contributed by atoms with E-state index in [4.69, 9.17) is 5.73 Å². The normalized spacial score (nSPS) is 17.4. The number of anilines is 1. The monoisotopic (exact) mass is 256 g/mol. The Morgan fingerprint density at radius 3 is 2.71 bits per heavy atom. The van der Waals surface area contributed by atoms with Crippen molar-refractivity contribution < 1.29 is 8.60 Å². The van der Waals surface area contributed by atoms with Gasteiger partial charge in [-0.3, -0.25) is 4.21 Å². The predicted octanol–water partition coefficient (Wildman–Crippen LogP) is 0.896. The van der Waals surface area contributed by atoms with Crippen LogP contribution < -0.4 is 10.6 Å². The number of hydrogen-bond donors (Lipinski definition) is 1. The van der Waals surface area contributed by atoms with E-state index in [9.17, 15) is 8.60 Å². The van der Waals surface area contributed by atoms with E-state index in [1.165, 1.54) is 6.07 Å². The Kier molecular flexibility index (Phi) is 4.12. The second kappa shape index (κ2) is 5.60. The minimum Gasteiger partial charge on any atom is -0.367 e. The minimum absolute atomic E-state index is 0.205. The summed E-state index contributed by atoms with van der Waals surface area (Å²) in [6.45, 7) is 1.83. The Hall–Kier alpha value is -0.940. The molecule has 17 heavy (non-hydrogen) atoms. The Balaban J connectivity index is 2.26. The van der Waals surface area contributed by atoms with Crippen LogP contribution in [0.5, 0.6) is 0 Å². The average Bonchev–Trinajstić information content (AvgIpc) is 2.32. The van der Waals surface area contributed by atoms with Crippen molar-refractivity contribution >= 4 is 16.5 Å². The van der Waals surface area contributed by atoms with Gasteiger partial charge in [0, 0.05) is 35.4 Å². The summed E-state index contributed by atoms with van der Waals surface area (Å²) in [6.07, 6.45) is 0.673. The third kappa shape index (κ3) is 2.84. The van der Waals surface area contributed by atoms with Crippen LogP contribution in [-0.4, -0.2) is 35.3 Å². The molecule has 2 N–H and O–H groups in total. The molecule has 0 aliphatic carbocycles. The van der Waals surface area contributed by atoms with Crippen molar-refractivity contribution in [2.24, 2.45) is 5.73 Å². The van der Waals surface area contributed by atoms with E-state index in [2.05, 4.69) is 0 Å². The third-order valence-electron chi connectivity index (χ3n) is 2.98. The molecule has 5 heteroatoms. The second-order valence-electron chi connectivity index (χ2n) is 4.12.